The number of methoxy groups -OCH3 is 1. The zero-order valence-electron chi connectivity index (χ0n) is 15.3. The number of ether oxygens (including phenoxy) is 2. The Bertz CT molecular complexity index is 622. The third-order valence-electron chi connectivity index (χ3n) is 3.98. The first kappa shape index (κ1) is 22.8. The summed E-state index contributed by atoms with van der Waals surface area (Å²) in [5.41, 5.74) is 1.12. The normalized spacial score (nSPS) is 14.5. The summed E-state index contributed by atoms with van der Waals surface area (Å²) in [6.07, 6.45) is -0.242. The van der Waals surface area contributed by atoms with Crippen LogP contribution >= 0.6 is 39.9 Å². The van der Waals surface area contributed by atoms with Crippen LogP contribution in [0.1, 0.15) is 12.5 Å². The molecule has 0 bridgehead atoms. The fraction of sp³-hybridized carbons (Fsp3) is 0.529. The third kappa shape index (κ3) is 6.19. The number of hydrogen-bond acceptors (Lipinski definition) is 4. The molecule has 1 aliphatic heterocycles. The van der Waals surface area contributed by atoms with Crippen molar-refractivity contribution in [3.8, 4) is 5.75 Å². The number of halogens is 2. The van der Waals surface area contributed by atoms with Crippen molar-refractivity contribution in [3.63, 3.8) is 0 Å². The van der Waals surface area contributed by atoms with E-state index < -0.39 is 0 Å². The van der Waals surface area contributed by atoms with Gasteiger partial charge in [-0.2, -0.15) is 0 Å². The van der Waals surface area contributed by atoms with E-state index in [0.29, 0.717) is 26.2 Å². The van der Waals surface area contributed by atoms with E-state index in [-0.39, 0.29) is 30.1 Å². The number of guanidine groups is 1. The number of aliphatic imine (C=N–C) groups is 1. The van der Waals surface area contributed by atoms with Gasteiger partial charge in [0.25, 0.3) is 0 Å². The predicted molar refractivity (Wildman–Crippen MR) is 116 cm³/mol. The second-order valence-electron chi connectivity index (χ2n) is 5.54. The van der Waals surface area contributed by atoms with Crippen LogP contribution < -0.4 is 10.1 Å². The Morgan fingerprint density at radius 3 is 2.46 bits per heavy atom. The van der Waals surface area contributed by atoms with E-state index in [2.05, 4.69) is 31.1 Å². The third-order valence-corrected chi connectivity index (χ3v) is 4.60. The molecular formula is C17H26BrIN4O3. The van der Waals surface area contributed by atoms with Gasteiger partial charge >= 0.3 is 6.09 Å². The molecule has 1 amide bonds. The van der Waals surface area contributed by atoms with Gasteiger partial charge in [-0.05, 0) is 40.5 Å². The minimum atomic E-state index is -0.242. The molecule has 1 heterocycles. The molecule has 1 aromatic rings. The largest absolute Gasteiger partial charge is 0.496 e. The number of piperazine rings is 1. The Labute approximate surface area is 180 Å². The van der Waals surface area contributed by atoms with Crippen LogP contribution in [0.15, 0.2) is 27.7 Å². The van der Waals surface area contributed by atoms with E-state index in [9.17, 15) is 4.79 Å². The monoisotopic (exact) mass is 540 g/mol. The van der Waals surface area contributed by atoms with E-state index in [1.807, 2.05) is 25.1 Å². The van der Waals surface area contributed by atoms with Gasteiger partial charge in [0.15, 0.2) is 5.96 Å². The molecule has 1 aliphatic rings. The SMILES string of the molecule is CCOC(=O)N1CCN(C(=NC)NCc2ccc(OC)c(Br)c2)CC1.I. The number of rotatable bonds is 4. The molecular weight excluding hydrogens is 515 g/mol. The lowest BCUT2D eigenvalue weighted by Crippen LogP contribution is -2.53. The van der Waals surface area contributed by atoms with Crippen LogP contribution in [-0.2, 0) is 11.3 Å². The molecule has 1 aromatic carbocycles. The molecule has 146 valence electrons. The lowest BCUT2D eigenvalue weighted by Gasteiger charge is -2.35. The molecule has 0 radical (unpaired) electrons. The number of carbonyl (C=O) groups is 1. The Morgan fingerprint density at radius 1 is 1.27 bits per heavy atom. The second-order valence-corrected chi connectivity index (χ2v) is 6.40. The van der Waals surface area contributed by atoms with Crippen molar-refractivity contribution in [2.24, 2.45) is 4.99 Å². The zero-order valence-corrected chi connectivity index (χ0v) is 19.2. The fourth-order valence-electron chi connectivity index (χ4n) is 2.65. The Kier molecular flexibility index (Phi) is 10.1. The lowest BCUT2D eigenvalue weighted by molar-refractivity contribution is 0.0914. The van der Waals surface area contributed by atoms with Crippen molar-refractivity contribution < 1.29 is 14.3 Å². The van der Waals surface area contributed by atoms with Gasteiger partial charge in [0.05, 0.1) is 18.2 Å². The highest BCUT2D eigenvalue weighted by atomic mass is 127. The van der Waals surface area contributed by atoms with Gasteiger partial charge in [-0.1, -0.05) is 6.07 Å². The summed E-state index contributed by atoms with van der Waals surface area (Å²) in [6.45, 7) is 5.60. The van der Waals surface area contributed by atoms with E-state index in [1.165, 1.54) is 0 Å². The van der Waals surface area contributed by atoms with Crippen LogP contribution in [0.2, 0.25) is 0 Å². The summed E-state index contributed by atoms with van der Waals surface area (Å²) in [6, 6.07) is 5.97. The van der Waals surface area contributed by atoms with Crippen LogP contribution in [0.3, 0.4) is 0 Å². The Balaban J connectivity index is 0.00000338. The molecule has 0 unspecified atom stereocenters. The van der Waals surface area contributed by atoms with Crippen molar-refractivity contribution in [3.05, 3.63) is 28.2 Å². The molecule has 0 aromatic heterocycles. The van der Waals surface area contributed by atoms with Crippen molar-refractivity contribution in [1.29, 1.82) is 0 Å². The topological polar surface area (TPSA) is 66.4 Å². The van der Waals surface area contributed by atoms with Crippen LogP contribution in [0.25, 0.3) is 0 Å². The number of benzene rings is 1. The van der Waals surface area contributed by atoms with Crippen molar-refractivity contribution in [2.75, 3.05) is 46.9 Å². The van der Waals surface area contributed by atoms with E-state index in [0.717, 1.165) is 34.8 Å². The Hall–Kier alpha value is -1.23. The van der Waals surface area contributed by atoms with Gasteiger partial charge in [-0.15, -0.1) is 24.0 Å². The van der Waals surface area contributed by atoms with Crippen molar-refractivity contribution in [1.82, 2.24) is 15.1 Å². The highest BCUT2D eigenvalue weighted by molar-refractivity contribution is 14.0. The van der Waals surface area contributed by atoms with E-state index >= 15 is 0 Å². The predicted octanol–water partition coefficient (Wildman–Crippen LogP) is 2.93. The van der Waals surface area contributed by atoms with Gasteiger partial charge in [0, 0.05) is 39.8 Å². The molecule has 1 N–H and O–H groups in total. The summed E-state index contributed by atoms with van der Waals surface area (Å²) in [4.78, 5) is 20.0. The molecule has 0 atom stereocenters. The molecule has 1 fully saturated rings. The molecule has 0 saturated carbocycles. The van der Waals surface area contributed by atoms with Gasteiger partial charge in [0.2, 0.25) is 0 Å². The zero-order chi connectivity index (χ0) is 18.2. The van der Waals surface area contributed by atoms with Gasteiger partial charge in [0.1, 0.15) is 5.75 Å². The Morgan fingerprint density at radius 2 is 1.92 bits per heavy atom. The average molecular weight is 541 g/mol. The summed E-state index contributed by atoms with van der Waals surface area (Å²) in [5.74, 6) is 1.64. The van der Waals surface area contributed by atoms with Gasteiger partial charge in [-0.25, -0.2) is 4.79 Å². The van der Waals surface area contributed by atoms with Gasteiger partial charge in [-0.3, -0.25) is 4.99 Å². The first-order valence-corrected chi connectivity index (χ1v) is 9.08. The van der Waals surface area contributed by atoms with Crippen LogP contribution in [-0.4, -0.2) is 68.8 Å². The highest BCUT2D eigenvalue weighted by Crippen LogP contribution is 2.25. The summed E-state index contributed by atoms with van der Waals surface area (Å²) < 4.78 is 11.2. The first-order valence-electron chi connectivity index (χ1n) is 8.28. The maximum atomic E-state index is 11.8. The molecule has 9 heteroatoms. The van der Waals surface area contributed by atoms with Crippen molar-refractivity contribution in [2.45, 2.75) is 13.5 Å². The lowest BCUT2D eigenvalue weighted by atomic mass is 10.2. The fourth-order valence-corrected chi connectivity index (χ4v) is 3.24. The van der Waals surface area contributed by atoms with Crippen LogP contribution in [0.4, 0.5) is 4.79 Å². The highest BCUT2D eigenvalue weighted by Gasteiger charge is 2.23. The smallest absolute Gasteiger partial charge is 0.409 e. The molecule has 2 rings (SSSR count). The maximum absolute atomic E-state index is 11.8. The second kappa shape index (κ2) is 11.5. The van der Waals surface area contributed by atoms with E-state index in [4.69, 9.17) is 9.47 Å². The number of hydrogen-bond donors (Lipinski definition) is 1. The minimum Gasteiger partial charge on any atom is -0.496 e. The van der Waals surface area contributed by atoms with Crippen molar-refractivity contribution >= 4 is 52.0 Å². The molecule has 1 saturated heterocycles. The molecule has 26 heavy (non-hydrogen) atoms. The number of carbonyl (C=O) groups excluding carboxylic acids is 1. The number of amides is 1. The number of nitrogens with one attached hydrogen (secondary N) is 1. The van der Waals surface area contributed by atoms with Gasteiger partial charge < -0.3 is 24.6 Å². The molecule has 0 spiro atoms. The van der Waals surface area contributed by atoms with Crippen LogP contribution in [0, 0.1) is 0 Å². The first-order chi connectivity index (χ1) is 12.1. The molecule has 0 aliphatic carbocycles. The average Bonchev–Trinajstić information content (AvgIpc) is 2.63. The maximum Gasteiger partial charge on any atom is 0.409 e. The summed E-state index contributed by atoms with van der Waals surface area (Å²) in [5, 5.41) is 3.37. The minimum absolute atomic E-state index is 0. The summed E-state index contributed by atoms with van der Waals surface area (Å²) >= 11 is 3.50. The van der Waals surface area contributed by atoms with E-state index in [1.54, 1.807) is 19.1 Å². The standard InChI is InChI=1S/C17H25BrN4O3.HI/c1-4-25-17(23)22-9-7-21(8-10-22)16(19-2)20-12-13-5-6-15(24-3)14(18)11-13;/h5-6,11H,4,7-10,12H2,1-3H3,(H,19,20);1H. The summed E-state index contributed by atoms with van der Waals surface area (Å²) in [7, 11) is 3.42. The van der Waals surface area contributed by atoms with Crippen LogP contribution in [0.5, 0.6) is 5.75 Å². The number of nitrogens with zero attached hydrogens (tertiary/aromatic N) is 3. The quantitative estimate of drug-likeness (QED) is 0.361. The molecule has 7 nitrogen and oxygen atoms in total.